The molecular formula is C26H30BrFN4O3. The molecule has 9 heteroatoms. The summed E-state index contributed by atoms with van der Waals surface area (Å²) in [7, 11) is 3.38. The zero-order valence-corrected chi connectivity index (χ0v) is 21.6. The van der Waals surface area contributed by atoms with Gasteiger partial charge < -0.3 is 18.9 Å². The molecule has 0 spiro atoms. The molecule has 0 radical (unpaired) electrons. The van der Waals surface area contributed by atoms with Crippen LogP contribution in [0.2, 0.25) is 0 Å². The van der Waals surface area contributed by atoms with Crippen molar-refractivity contribution in [2.24, 2.45) is 5.92 Å². The number of hydrogen-bond donors (Lipinski definition) is 1. The van der Waals surface area contributed by atoms with E-state index in [1.807, 2.05) is 6.07 Å². The second-order valence-electron chi connectivity index (χ2n) is 9.28. The third kappa shape index (κ3) is 4.69. The number of piperidine rings is 1. The van der Waals surface area contributed by atoms with Gasteiger partial charge in [-0.1, -0.05) is 6.07 Å². The third-order valence-corrected chi connectivity index (χ3v) is 7.94. The Labute approximate surface area is 212 Å². The number of rotatable bonds is 7. The minimum atomic E-state index is -0.571. The van der Waals surface area contributed by atoms with Crippen LogP contribution in [0.3, 0.4) is 0 Å². The van der Waals surface area contributed by atoms with E-state index in [1.54, 1.807) is 26.4 Å². The maximum absolute atomic E-state index is 14.4. The summed E-state index contributed by atoms with van der Waals surface area (Å²) in [4.78, 5) is 20.1. The Hall–Kier alpha value is -2.49. The van der Waals surface area contributed by atoms with Crippen molar-refractivity contribution in [3.8, 4) is 0 Å². The molecule has 2 aromatic carbocycles. The summed E-state index contributed by atoms with van der Waals surface area (Å²) in [5, 5.41) is 2.88. The van der Waals surface area contributed by atoms with Crippen molar-refractivity contribution >= 4 is 44.5 Å². The highest BCUT2D eigenvalue weighted by molar-refractivity contribution is 9.10. The molecule has 1 aliphatic heterocycles. The molecule has 2 heterocycles. The Bertz CT molecular complexity index is 1200. The van der Waals surface area contributed by atoms with Gasteiger partial charge in [0.15, 0.2) is 6.29 Å². The van der Waals surface area contributed by atoms with E-state index >= 15 is 0 Å². The number of methoxy groups -OCH3 is 2. The lowest BCUT2D eigenvalue weighted by molar-refractivity contribution is -0.141. The van der Waals surface area contributed by atoms with Gasteiger partial charge in [-0.05, 0) is 78.4 Å². The Kier molecular flexibility index (Phi) is 7.09. The van der Waals surface area contributed by atoms with Crippen molar-refractivity contribution in [2.45, 2.75) is 44.4 Å². The number of fused-ring (bicyclic) bond motifs is 1. The molecule has 5 rings (SSSR count). The van der Waals surface area contributed by atoms with Crippen molar-refractivity contribution in [1.29, 1.82) is 0 Å². The topological polar surface area (TPSA) is 68.6 Å². The summed E-state index contributed by atoms with van der Waals surface area (Å²) in [5.41, 5.74) is 2.92. The standard InChI is InChI=1S/C26H30BrFN4O3/c1-34-25(35-2)16-11-13-31(14-12-16)18-9-10-21-22(15-18)32(17-5-3-6-17)26(29-21)30-24(33)23-19(27)7-4-8-20(23)28/h4,7-10,15-17,25H,3,5-6,11-14H2,1-2H3,(H,29,30,33). The number of aromatic nitrogens is 2. The summed E-state index contributed by atoms with van der Waals surface area (Å²) in [6.45, 7) is 1.84. The van der Waals surface area contributed by atoms with Crippen LogP contribution >= 0.6 is 15.9 Å². The van der Waals surface area contributed by atoms with E-state index in [2.05, 4.69) is 42.8 Å². The van der Waals surface area contributed by atoms with Crippen molar-refractivity contribution in [3.05, 3.63) is 52.3 Å². The normalized spacial score (nSPS) is 17.2. The highest BCUT2D eigenvalue weighted by Crippen LogP contribution is 2.39. The molecular weight excluding hydrogens is 515 g/mol. The molecule has 0 unspecified atom stereocenters. The molecule has 2 fully saturated rings. The summed E-state index contributed by atoms with van der Waals surface area (Å²) in [6.07, 6.45) is 5.02. The molecule has 1 amide bonds. The molecule has 1 N–H and O–H groups in total. The molecule has 1 saturated carbocycles. The highest BCUT2D eigenvalue weighted by Gasteiger charge is 2.29. The number of ether oxygens (including phenoxy) is 2. The molecule has 7 nitrogen and oxygen atoms in total. The lowest BCUT2D eigenvalue weighted by Crippen LogP contribution is -2.39. The van der Waals surface area contributed by atoms with E-state index in [-0.39, 0.29) is 17.9 Å². The van der Waals surface area contributed by atoms with Crippen LogP contribution in [-0.2, 0) is 9.47 Å². The van der Waals surface area contributed by atoms with Gasteiger partial charge >= 0.3 is 0 Å². The zero-order valence-electron chi connectivity index (χ0n) is 20.0. The van der Waals surface area contributed by atoms with Gasteiger partial charge in [-0.15, -0.1) is 0 Å². The lowest BCUT2D eigenvalue weighted by atomic mass is 9.92. The zero-order chi connectivity index (χ0) is 24.5. The fourth-order valence-electron chi connectivity index (χ4n) is 5.17. The summed E-state index contributed by atoms with van der Waals surface area (Å²) < 4.78 is 27.9. The predicted octanol–water partition coefficient (Wildman–Crippen LogP) is 5.75. The Morgan fingerprint density at radius 2 is 1.89 bits per heavy atom. The number of nitrogens with zero attached hydrogens (tertiary/aromatic N) is 3. The molecule has 1 aromatic heterocycles. The third-order valence-electron chi connectivity index (χ3n) is 7.28. The van der Waals surface area contributed by atoms with E-state index in [9.17, 15) is 9.18 Å². The molecule has 35 heavy (non-hydrogen) atoms. The number of hydrogen-bond acceptors (Lipinski definition) is 5. The smallest absolute Gasteiger partial charge is 0.262 e. The van der Waals surface area contributed by atoms with E-state index < -0.39 is 11.7 Å². The summed E-state index contributed by atoms with van der Waals surface area (Å²) in [5.74, 6) is -0.245. The monoisotopic (exact) mass is 544 g/mol. The van der Waals surface area contributed by atoms with Crippen LogP contribution < -0.4 is 10.2 Å². The van der Waals surface area contributed by atoms with Gasteiger partial charge in [0, 0.05) is 49.4 Å². The van der Waals surface area contributed by atoms with Crippen molar-refractivity contribution < 1.29 is 18.7 Å². The molecule has 0 atom stereocenters. The van der Waals surface area contributed by atoms with Gasteiger partial charge in [0.25, 0.3) is 5.91 Å². The van der Waals surface area contributed by atoms with Crippen LogP contribution in [-0.4, -0.2) is 49.1 Å². The minimum Gasteiger partial charge on any atom is -0.371 e. The number of carbonyl (C=O) groups excluding carboxylic acids is 1. The maximum atomic E-state index is 14.4. The minimum absolute atomic E-state index is 0.0197. The van der Waals surface area contributed by atoms with Crippen molar-refractivity contribution in [1.82, 2.24) is 9.55 Å². The maximum Gasteiger partial charge on any atom is 0.262 e. The number of anilines is 2. The van der Waals surface area contributed by atoms with E-state index in [1.165, 1.54) is 6.07 Å². The molecule has 3 aromatic rings. The van der Waals surface area contributed by atoms with Crippen molar-refractivity contribution in [3.63, 3.8) is 0 Å². The first kappa shape index (κ1) is 24.2. The largest absolute Gasteiger partial charge is 0.371 e. The first-order valence-corrected chi connectivity index (χ1v) is 12.9. The second-order valence-corrected chi connectivity index (χ2v) is 10.1. The number of imidazole rings is 1. The number of benzene rings is 2. The number of carbonyl (C=O) groups is 1. The Balaban J connectivity index is 1.42. The number of amides is 1. The molecule has 1 aliphatic carbocycles. The number of nitrogens with one attached hydrogen (secondary N) is 1. The number of halogens is 2. The average Bonchev–Trinajstić information content (AvgIpc) is 3.16. The first-order valence-electron chi connectivity index (χ1n) is 12.1. The fourth-order valence-corrected chi connectivity index (χ4v) is 5.69. The van der Waals surface area contributed by atoms with E-state index in [0.717, 1.165) is 61.9 Å². The van der Waals surface area contributed by atoms with Crippen LogP contribution in [0.25, 0.3) is 11.0 Å². The van der Waals surface area contributed by atoms with Crippen LogP contribution in [0, 0.1) is 11.7 Å². The molecule has 1 saturated heterocycles. The fraction of sp³-hybridized carbons (Fsp3) is 0.462. The quantitative estimate of drug-likeness (QED) is 0.383. The lowest BCUT2D eigenvalue weighted by Gasteiger charge is -2.36. The van der Waals surface area contributed by atoms with Crippen LogP contribution in [0.1, 0.15) is 48.5 Å². The molecule has 0 bridgehead atoms. The van der Waals surface area contributed by atoms with Crippen LogP contribution in [0.4, 0.5) is 16.0 Å². The summed E-state index contributed by atoms with van der Waals surface area (Å²) in [6, 6.07) is 11.0. The first-order chi connectivity index (χ1) is 17.0. The van der Waals surface area contributed by atoms with Gasteiger partial charge in [-0.25, -0.2) is 9.37 Å². The van der Waals surface area contributed by atoms with E-state index in [0.29, 0.717) is 16.3 Å². The van der Waals surface area contributed by atoms with Crippen LogP contribution in [0.15, 0.2) is 40.9 Å². The van der Waals surface area contributed by atoms with Gasteiger partial charge in [0.2, 0.25) is 5.95 Å². The predicted molar refractivity (Wildman–Crippen MR) is 137 cm³/mol. The van der Waals surface area contributed by atoms with Gasteiger partial charge in [0.05, 0.1) is 16.6 Å². The molecule has 2 aliphatic rings. The van der Waals surface area contributed by atoms with Gasteiger partial charge in [-0.3, -0.25) is 10.1 Å². The molecule has 186 valence electrons. The van der Waals surface area contributed by atoms with Gasteiger partial charge in [0.1, 0.15) is 5.82 Å². The van der Waals surface area contributed by atoms with Gasteiger partial charge in [-0.2, -0.15) is 0 Å². The Morgan fingerprint density at radius 1 is 1.14 bits per heavy atom. The average molecular weight is 545 g/mol. The second kappa shape index (κ2) is 10.2. The van der Waals surface area contributed by atoms with Crippen LogP contribution in [0.5, 0.6) is 0 Å². The van der Waals surface area contributed by atoms with E-state index in [4.69, 9.17) is 14.5 Å². The summed E-state index contributed by atoms with van der Waals surface area (Å²) >= 11 is 3.29. The highest BCUT2D eigenvalue weighted by atomic mass is 79.9. The SMILES string of the molecule is COC(OC)C1CCN(c2ccc3nc(NC(=O)c4c(F)cccc4Br)n(C4CCC4)c3c2)CC1. The van der Waals surface area contributed by atoms with Crippen molar-refractivity contribution in [2.75, 3.05) is 37.5 Å². The Morgan fingerprint density at radius 3 is 2.51 bits per heavy atom.